The molecule has 4 nitrogen and oxygen atoms in total. The number of fused-ring (bicyclic) bond motifs is 3. The van der Waals surface area contributed by atoms with Gasteiger partial charge in [-0.3, -0.25) is 4.79 Å². The van der Waals surface area contributed by atoms with E-state index in [2.05, 4.69) is 71.7 Å². The zero-order valence-corrected chi connectivity index (χ0v) is 23.9. The predicted molar refractivity (Wildman–Crippen MR) is 162 cm³/mol. The van der Waals surface area contributed by atoms with Crippen molar-refractivity contribution < 1.29 is 4.79 Å². The molecule has 0 radical (unpaired) electrons. The average Bonchev–Trinajstić information content (AvgIpc) is 3.33. The standard InChI is InChI=1S/C36H43N3O/c1-3-5-8-29-18-31-30-9-6-7-10-32(30)38-34(31)35(39(29)33(40)4-2)28-13-11-24(12-14-28)22-37-23-36-19-25-15-26(20-36)17-27(16-25)21-36/h2,6-7,9-14,25-27,29,35,37-38H,3,5,8,15-23H2,1H3/t25?,26?,27?,29?,35-,36?/m1/s1. The number of aromatic amines is 1. The van der Waals surface area contributed by atoms with Gasteiger partial charge in [0, 0.05) is 35.7 Å². The van der Waals surface area contributed by atoms with Crippen molar-refractivity contribution in [2.45, 2.75) is 89.8 Å². The molecule has 2 N–H and O–H groups in total. The zero-order valence-electron chi connectivity index (χ0n) is 23.9. The molecule has 8 rings (SSSR count). The van der Waals surface area contributed by atoms with Crippen LogP contribution in [0, 0.1) is 35.5 Å². The number of H-pyrrole nitrogens is 1. The second-order valence-electron chi connectivity index (χ2n) is 13.6. The van der Waals surface area contributed by atoms with Gasteiger partial charge >= 0.3 is 0 Å². The van der Waals surface area contributed by atoms with Crippen LogP contribution in [0.2, 0.25) is 0 Å². The number of terminal acetylenes is 1. The number of carbonyl (C=O) groups is 1. The molecule has 1 aliphatic heterocycles. The maximum atomic E-state index is 13.3. The molecular formula is C36H43N3O. The van der Waals surface area contributed by atoms with Gasteiger partial charge in [-0.2, -0.15) is 0 Å². The fourth-order valence-electron chi connectivity index (χ4n) is 9.52. The number of amides is 1. The van der Waals surface area contributed by atoms with Crippen molar-refractivity contribution in [1.29, 1.82) is 0 Å². The van der Waals surface area contributed by atoms with Crippen molar-refractivity contribution in [3.8, 4) is 12.3 Å². The second kappa shape index (κ2) is 10.4. The molecule has 4 bridgehead atoms. The number of aromatic nitrogens is 1. The number of hydrogen-bond acceptors (Lipinski definition) is 2. The van der Waals surface area contributed by atoms with Crippen LogP contribution >= 0.6 is 0 Å². The quantitative estimate of drug-likeness (QED) is 0.302. The molecule has 4 aliphatic carbocycles. The average molecular weight is 534 g/mol. The van der Waals surface area contributed by atoms with Crippen LogP contribution in [0.25, 0.3) is 10.9 Å². The molecule has 1 aromatic heterocycles. The lowest BCUT2D eigenvalue weighted by molar-refractivity contribution is -0.130. The van der Waals surface area contributed by atoms with Crippen molar-refractivity contribution in [3.63, 3.8) is 0 Å². The minimum Gasteiger partial charge on any atom is -0.356 e. The third-order valence-corrected chi connectivity index (χ3v) is 10.8. The van der Waals surface area contributed by atoms with Crippen molar-refractivity contribution in [2.24, 2.45) is 23.2 Å². The highest BCUT2D eigenvalue weighted by Crippen LogP contribution is 2.59. The maximum Gasteiger partial charge on any atom is 0.299 e. The Morgan fingerprint density at radius 1 is 1.05 bits per heavy atom. The summed E-state index contributed by atoms with van der Waals surface area (Å²) < 4.78 is 0. The van der Waals surface area contributed by atoms with Crippen LogP contribution in [0.3, 0.4) is 0 Å². The van der Waals surface area contributed by atoms with Gasteiger partial charge in [0.05, 0.1) is 6.04 Å². The van der Waals surface area contributed by atoms with Gasteiger partial charge in [-0.1, -0.05) is 62.2 Å². The molecule has 4 fully saturated rings. The van der Waals surface area contributed by atoms with E-state index in [0.717, 1.165) is 73.3 Å². The topological polar surface area (TPSA) is 48.1 Å². The summed E-state index contributed by atoms with van der Waals surface area (Å²) in [7, 11) is 0. The van der Waals surface area contributed by atoms with Gasteiger partial charge in [0.2, 0.25) is 0 Å². The first-order chi connectivity index (χ1) is 19.6. The summed E-state index contributed by atoms with van der Waals surface area (Å²) in [4.78, 5) is 19.0. The minimum atomic E-state index is -0.211. The van der Waals surface area contributed by atoms with E-state index in [1.165, 1.54) is 55.0 Å². The molecule has 2 heterocycles. The SMILES string of the molecule is C#CC(=O)N1C(CCCC)Cc2c([nH]c3ccccc23)[C@H]1c1ccc(CNCC23CC4CC(CC(C4)C2)C3)cc1. The lowest BCUT2D eigenvalue weighted by Gasteiger charge is -2.57. The Hall–Kier alpha value is -3.03. The van der Waals surface area contributed by atoms with Crippen LogP contribution in [-0.4, -0.2) is 28.4 Å². The fourth-order valence-corrected chi connectivity index (χ4v) is 9.52. The summed E-state index contributed by atoms with van der Waals surface area (Å²) in [6.07, 6.45) is 18.6. The third-order valence-electron chi connectivity index (χ3n) is 10.8. The van der Waals surface area contributed by atoms with Gasteiger partial charge < -0.3 is 15.2 Å². The first-order valence-corrected chi connectivity index (χ1v) is 15.7. The minimum absolute atomic E-state index is 0.0989. The number of hydrogen-bond donors (Lipinski definition) is 2. The Kier molecular flexibility index (Phi) is 6.75. The molecule has 208 valence electrons. The Bertz CT molecular complexity index is 1390. The second-order valence-corrected chi connectivity index (χ2v) is 13.6. The first-order valence-electron chi connectivity index (χ1n) is 15.7. The van der Waals surface area contributed by atoms with Gasteiger partial charge in [0.1, 0.15) is 0 Å². The predicted octanol–water partition coefficient (Wildman–Crippen LogP) is 7.14. The van der Waals surface area contributed by atoms with E-state index < -0.39 is 0 Å². The molecule has 5 aliphatic rings. The highest BCUT2D eigenvalue weighted by molar-refractivity contribution is 5.94. The monoisotopic (exact) mass is 533 g/mol. The van der Waals surface area contributed by atoms with Gasteiger partial charge in [-0.15, -0.1) is 6.42 Å². The highest BCUT2D eigenvalue weighted by atomic mass is 16.2. The Balaban J connectivity index is 1.14. The summed E-state index contributed by atoms with van der Waals surface area (Å²) in [5.74, 6) is 5.23. The molecule has 40 heavy (non-hydrogen) atoms. The van der Waals surface area contributed by atoms with Gasteiger partial charge in [-0.25, -0.2) is 0 Å². The summed E-state index contributed by atoms with van der Waals surface area (Å²) in [5, 5.41) is 5.13. The number of unbranched alkanes of at least 4 members (excludes halogenated alkanes) is 1. The van der Waals surface area contributed by atoms with E-state index in [1.54, 1.807) is 0 Å². The van der Waals surface area contributed by atoms with Crippen molar-refractivity contribution in [1.82, 2.24) is 15.2 Å². The Morgan fingerprint density at radius 2 is 1.75 bits per heavy atom. The van der Waals surface area contributed by atoms with Crippen LogP contribution in [0.5, 0.6) is 0 Å². The molecule has 0 spiro atoms. The summed E-state index contributed by atoms with van der Waals surface area (Å²) in [5.41, 5.74) is 6.56. The van der Waals surface area contributed by atoms with Crippen LogP contribution < -0.4 is 5.32 Å². The van der Waals surface area contributed by atoms with E-state index in [0.29, 0.717) is 5.41 Å². The number of benzene rings is 2. The molecular weight excluding hydrogens is 490 g/mol. The van der Waals surface area contributed by atoms with Crippen LogP contribution in [-0.2, 0) is 17.8 Å². The molecule has 2 aromatic carbocycles. The largest absolute Gasteiger partial charge is 0.356 e. The normalized spacial score (nSPS) is 30.4. The molecule has 0 saturated heterocycles. The first kappa shape index (κ1) is 25.9. The number of nitrogens with zero attached hydrogens (tertiary/aromatic N) is 1. The Morgan fingerprint density at radius 3 is 2.42 bits per heavy atom. The highest BCUT2D eigenvalue weighted by Gasteiger charge is 2.50. The van der Waals surface area contributed by atoms with Crippen molar-refractivity contribution in [3.05, 3.63) is 70.9 Å². The number of para-hydroxylation sites is 1. The lowest BCUT2D eigenvalue weighted by Crippen LogP contribution is -2.50. The third kappa shape index (κ3) is 4.57. The summed E-state index contributed by atoms with van der Waals surface area (Å²) in [6.45, 7) is 4.26. The summed E-state index contributed by atoms with van der Waals surface area (Å²) >= 11 is 0. The molecule has 1 unspecified atom stereocenters. The molecule has 4 saturated carbocycles. The number of carbonyl (C=O) groups excluding carboxylic acids is 1. The van der Waals surface area contributed by atoms with Crippen molar-refractivity contribution >= 4 is 16.8 Å². The van der Waals surface area contributed by atoms with E-state index >= 15 is 0 Å². The lowest BCUT2D eigenvalue weighted by atomic mass is 9.49. The number of nitrogens with one attached hydrogen (secondary N) is 2. The van der Waals surface area contributed by atoms with Crippen LogP contribution in [0.15, 0.2) is 48.5 Å². The van der Waals surface area contributed by atoms with E-state index in [-0.39, 0.29) is 18.0 Å². The van der Waals surface area contributed by atoms with E-state index in [1.807, 2.05) is 4.90 Å². The molecule has 2 atom stereocenters. The van der Waals surface area contributed by atoms with Gasteiger partial charge in [0.25, 0.3) is 5.91 Å². The van der Waals surface area contributed by atoms with Crippen LogP contribution in [0.1, 0.15) is 93.1 Å². The van der Waals surface area contributed by atoms with Crippen molar-refractivity contribution in [2.75, 3.05) is 6.54 Å². The smallest absolute Gasteiger partial charge is 0.299 e. The zero-order chi connectivity index (χ0) is 27.3. The fraction of sp³-hybridized carbons (Fsp3) is 0.528. The maximum absolute atomic E-state index is 13.3. The van der Waals surface area contributed by atoms with Gasteiger partial charge in [0.15, 0.2) is 0 Å². The van der Waals surface area contributed by atoms with E-state index in [9.17, 15) is 4.79 Å². The Labute approximate surface area is 239 Å². The molecule has 3 aromatic rings. The molecule has 1 amide bonds. The van der Waals surface area contributed by atoms with Crippen LogP contribution in [0.4, 0.5) is 0 Å². The van der Waals surface area contributed by atoms with Gasteiger partial charge in [-0.05, 0) is 103 Å². The van der Waals surface area contributed by atoms with E-state index in [4.69, 9.17) is 6.42 Å². The number of rotatable bonds is 8. The molecule has 4 heteroatoms. The summed E-state index contributed by atoms with van der Waals surface area (Å²) in [6, 6.07) is 17.4.